The molecule has 0 saturated carbocycles. The van der Waals surface area contributed by atoms with Crippen molar-refractivity contribution in [2.45, 2.75) is 5.16 Å². The maximum absolute atomic E-state index is 5.90. The molecule has 5 heteroatoms. The SMILES string of the molecule is CSc1nc(Nc2ccc(Cl)cc2)c2ccccc2n1. The highest BCUT2D eigenvalue weighted by molar-refractivity contribution is 7.98. The summed E-state index contributed by atoms with van der Waals surface area (Å²) in [6.07, 6.45) is 1.97. The average Bonchev–Trinajstić information content (AvgIpc) is 2.49. The summed E-state index contributed by atoms with van der Waals surface area (Å²) in [6, 6.07) is 15.5. The number of hydrogen-bond acceptors (Lipinski definition) is 4. The molecule has 0 radical (unpaired) electrons. The van der Waals surface area contributed by atoms with Gasteiger partial charge in [-0.1, -0.05) is 35.5 Å². The zero-order valence-electron chi connectivity index (χ0n) is 10.8. The molecule has 0 fully saturated rings. The van der Waals surface area contributed by atoms with Crippen molar-refractivity contribution in [3.63, 3.8) is 0 Å². The summed E-state index contributed by atoms with van der Waals surface area (Å²) in [7, 11) is 0. The molecular formula is C15H12ClN3S. The highest BCUT2D eigenvalue weighted by Crippen LogP contribution is 2.26. The summed E-state index contributed by atoms with van der Waals surface area (Å²) in [5, 5.41) is 5.79. The van der Waals surface area contributed by atoms with Crippen LogP contribution in [0.15, 0.2) is 53.7 Å². The molecule has 0 aliphatic heterocycles. The van der Waals surface area contributed by atoms with Crippen LogP contribution in [0.1, 0.15) is 0 Å². The quantitative estimate of drug-likeness (QED) is 0.559. The standard InChI is InChI=1S/C15H12ClN3S/c1-20-15-18-13-5-3-2-4-12(13)14(19-15)17-11-8-6-10(16)7-9-11/h2-9H,1H3,(H,17,18,19). The number of hydrogen-bond donors (Lipinski definition) is 1. The molecule has 0 amide bonds. The molecule has 0 atom stereocenters. The molecule has 0 spiro atoms. The summed E-state index contributed by atoms with van der Waals surface area (Å²) in [6.45, 7) is 0. The lowest BCUT2D eigenvalue weighted by Crippen LogP contribution is -1.98. The number of halogens is 1. The van der Waals surface area contributed by atoms with Gasteiger partial charge in [-0.25, -0.2) is 9.97 Å². The Morgan fingerprint density at radius 3 is 2.50 bits per heavy atom. The van der Waals surface area contributed by atoms with E-state index in [0.29, 0.717) is 5.02 Å². The van der Waals surface area contributed by atoms with Gasteiger partial charge in [0, 0.05) is 16.1 Å². The van der Waals surface area contributed by atoms with Crippen LogP contribution in [0.5, 0.6) is 0 Å². The first-order valence-electron chi connectivity index (χ1n) is 6.09. The number of para-hydroxylation sites is 1. The summed E-state index contributed by atoms with van der Waals surface area (Å²) in [4.78, 5) is 9.05. The number of nitrogens with zero attached hydrogens (tertiary/aromatic N) is 2. The van der Waals surface area contributed by atoms with Crippen LogP contribution in [-0.4, -0.2) is 16.2 Å². The maximum Gasteiger partial charge on any atom is 0.189 e. The third kappa shape index (κ3) is 2.71. The minimum Gasteiger partial charge on any atom is -0.340 e. The summed E-state index contributed by atoms with van der Waals surface area (Å²) >= 11 is 7.43. The largest absolute Gasteiger partial charge is 0.340 e. The fraction of sp³-hybridized carbons (Fsp3) is 0.0667. The van der Waals surface area contributed by atoms with E-state index in [4.69, 9.17) is 11.6 Å². The summed E-state index contributed by atoms with van der Waals surface area (Å²) in [5.74, 6) is 0.808. The molecule has 1 N–H and O–H groups in total. The van der Waals surface area contributed by atoms with Gasteiger partial charge in [0.1, 0.15) is 5.82 Å². The van der Waals surface area contributed by atoms with E-state index in [-0.39, 0.29) is 0 Å². The minimum absolute atomic E-state index is 0.716. The molecule has 0 saturated heterocycles. The molecule has 2 aromatic carbocycles. The third-order valence-electron chi connectivity index (χ3n) is 2.87. The Morgan fingerprint density at radius 1 is 1.00 bits per heavy atom. The van der Waals surface area contributed by atoms with Crippen LogP contribution in [0.25, 0.3) is 10.9 Å². The van der Waals surface area contributed by atoms with Crippen LogP contribution in [0, 0.1) is 0 Å². The molecule has 0 bridgehead atoms. The Kier molecular flexibility index (Phi) is 3.76. The molecular weight excluding hydrogens is 290 g/mol. The molecule has 20 heavy (non-hydrogen) atoms. The minimum atomic E-state index is 0.716. The average molecular weight is 302 g/mol. The van der Waals surface area contributed by atoms with Crippen molar-refractivity contribution in [1.29, 1.82) is 0 Å². The fourth-order valence-electron chi connectivity index (χ4n) is 1.91. The van der Waals surface area contributed by atoms with E-state index in [1.165, 1.54) is 11.8 Å². The van der Waals surface area contributed by atoms with Gasteiger partial charge in [0.2, 0.25) is 0 Å². The van der Waals surface area contributed by atoms with Gasteiger partial charge in [0.05, 0.1) is 5.52 Å². The monoisotopic (exact) mass is 301 g/mol. The second-order valence-electron chi connectivity index (χ2n) is 4.21. The van der Waals surface area contributed by atoms with Crippen LogP contribution in [0.3, 0.4) is 0 Å². The number of fused-ring (bicyclic) bond motifs is 1. The number of rotatable bonds is 3. The second-order valence-corrected chi connectivity index (χ2v) is 5.42. The van der Waals surface area contributed by atoms with Crippen molar-refractivity contribution in [3.8, 4) is 0 Å². The van der Waals surface area contributed by atoms with E-state index in [1.54, 1.807) is 0 Å². The van der Waals surface area contributed by atoms with Crippen LogP contribution >= 0.6 is 23.4 Å². The van der Waals surface area contributed by atoms with E-state index in [2.05, 4.69) is 15.3 Å². The van der Waals surface area contributed by atoms with Crippen molar-refractivity contribution >= 4 is 45.8 Å². The Morgan fingerprint density at radius 2 is 1.75 bits per heavy atom. The number of anilines is 2. The van der Waals surface area contributed by atoms with Gasteiger partial charge in [0.15, 0.2) is 5.16 Å². The van der Waals surface area contributed by atoms with Crippen LogP contribution in [0.4, 0.5) is 11.5 Å². The number of aromatic nitrogens is 2. The predicted octanol–water partition coefficient (Wildman–Crippen LogP) is 4.75. The predicted molar refractivity (Wildman–Crippen MR) is 86.1 cm³/mol. The Bertz CT molecular complexity index is 744. The van der Waals surface area contributed by atoms with Gasteiger partial charge < -0.3 is 5.32 Å². The highest BCUT2D eigenvalue weighted by atomic mass is 35.5. The van der Waals surface area contributed by atoms with E-state index in [9.17, 15) is 0 Å². The van der Waals surface area contributed by atoms with Crippen molar-refractivity contribution in [1.82, 2.24) is 9.97 Å². The van der Waals surface area contributed by atoms with Crippen molar-refractivity contribution in [2.75, 3.05) is 11.6 Å². The van der Waals surface area contributed by atoms with Gasteiger partial charge in [0.25, 0.3) is 0 Å². The Hall–Kier alpha value is -1.78. The molecule has 3 rings (SSSR count). The van der Waals surface area contributed by atoms with Crippen molar-refractivity contribution in [2.24, 2.45) is 0 Å². The normalized spacial score (nSPS) is 10.7. The molecule has 3 aromatic rings. The van der Waals surface area contributed by atoms with Crippen LogP contribution < -0.4 is 5.32 Å². The Labute approximate surface area is 126 Å². The fourth-order valence-corrected chi connectivity index (χ4v) is 2.41. The lowest BCUT2D eigenvalue weighted by molar-refractivity contribution is 1.01. The van der Waals surface area contributed by atoms with E-state index in [0.717, 1.165) is 27.6 Å². The van der Waals surface area contributed by atoms with Crippen LogP contribution in [-0.2, 0) is 0 Å². The van der Waals surface area contributed by atoms with E-state index < -0.39 is 0 Å². The number of nitrogens with one attached hydrogen (secondary N) is 1. The van der Waals surface area contributed by atoms with Crippen molar-refractivity contribution < 1.29 is 0 Å². The summed E-state index contributed by atoms with van der Waals surface area (Å²) < 4.78 is 0. The molecule has 0 aliphatic rings. The van der Waals surface area contributed by atoms with E-state index >= 15 is 0 Å². The second kappa shape index (κ2) is 5.69. The molecule has 1 aromatic heterocycles. The molecule has 100 valence electrons. The first-order valence-corrected chi connectivity index (χ1v) is 7.70. The topological polar surface area (TPSA) is 37.8 Å². The lowest BCUT2D eigenvalue weighted by Gasteiger charge is -2.10. The molecule has 0 aliphatic carbocycles. The van der Waals surface area contributed by atoms with Crippen molar-refractivity contribution in [3.05, 3.63) is 53.6 Å². The summed E-state index contributed by atoms with van der Waals surface area (Å²) in [5.41, 5.74) is 1.88. The van der Waals surface area contributed by atoms with E-state index in [1.807, 2.05) is 54.8 Å². The van der Waals surface area contributed by atoms with Gasteiger partial charge >= 0.3 is 0 Å². The number of benzene rings is 2. The van der Waals surface area contributed by atoms with Gasteiger partial charge in [-0.3, -0.25) is 0 Å². The highest BCUT2D eigenvalue weighted by Gasteiger charge is 2.07. The van der Waals surface area contributed by atoms with Gasteiger partial charge in [-0.05, 0) is 42.7 Å². The molecule has 3 nitrogen and oxygen atoms in total. The van der Waals surface area contributed by atoms with Crippen LogP contribution in [0.2, 0.25) is 5.02 Å². The Balaban J connectivity index is 2.07. The first kappa shape index (κ1) is 13.2. The zero-order chi connectivity index (χ0) is 13.9. The van der Waals surface area contributed by atoms with Gasteiger partial charge in [-0.15, -0.1) is 0 Å². The molecule has 1 heterocycles. The lowest BCUT2D eigenvalue weighted by atomic mass is 10.2. The zero-order valence-corrected chi connectivity index (χ0v) is 12.4. The molecule has 0 unspecified atom stereocenters. The first-order chi connectivity index (χ1) is 9.76. The number of thioether (sulfide) groups is 1. The smallest absolute Gasteiger partial charge is 0.189 e. The maximum atomic E-state index is 5.90. The van der Waals surface area contributed by atoms with Gasteiger partial charge in [-0.2, -0.15) is 0 Å². The third-order valence-corrected chi connectivity index (χ3v) is 3.67.